The van der Waals surface area contributed by atoms with Gasteiger partial charge in [-0.15, -0.1) is 0 Å². The minimum atomic E-state index is -0.888. The van der Waals surface area contributed by atoms with Gasteiger partial charge in [0, 0.05) is 12.5 Å². The van der Waals surface area contributed by atoms with Crippen molar-refractivity contribution in [1.82, 2.24) is 4.90 Å². The summed E-state index contributed by atoms with van der Waals surface area (Å²) >= 11 is 0. The monoisotopic (exact) mass is 304 g/mol. The normalized spacial score (nSPS) is 21.6. The lowest BCUT2D eigenvalue weighted by Crippen LogP contribution is -2.44. The quantitative estimate of drug-likeness (QED) is 0.772. The zero-order chi connectivity index (χ0) is 16.3. The molecular weight excluding hydrogens is 279 g/mol. The summed E-state index contributed by atoms with van der Waals surface area (Å²) in [7, 11) is 0. The molecule has 0 fully saturated rings. The molecule has 1 amide bonds. The van der Waals surface area contributed by atoms with Crippen LogP contribution in [-0.4, -0.2) is 22.7 Å². The predicted octanol–water partition coefficient (Wildman–Crippen LogP) is 4.27. The number of carbonyl (C=O) groups excluding carboxylic acids is 1. The number of aliphatic imine (C=N–C) groups is 1. The lowest BCUT2D eigenvalue weighted by molar-refractivity contribution is -0.132. The van der Waals surface area contributed by atoms with Crippen molar-refractivity contribution in [3.05, 3.63) is 35.6 Å². The molecule has 1 aliphatic rings. The van der Waals surface area contributed by atoms with Crippen LogP contribution in [0.2, 0.25) is 0 Å². The Morgan fingerprint density at radius 2 is 1.86 bits per heavy atom. The van der Waals surface area contributed by atoms with Gasteiger partial charge < -0.3 is 0 Å². The molecule has 1 heterocycles. The highest BCUT2D eigenvalue weighted by Gasteiger charge is 2.48. The Labute approximate surface area is 132 Å². The topological polar surface area (TPSA) is 32.7 Å². The van der Waals surface area contributed by atoms with Gasteiger partial charge in [-0.2, -0.15) is 0 Å². The van der Waals surface area contributed by atoms with Gasteiger partial charge in [-0.25, -0.2) is 4.39 Å². The fourth-order valence-electron chi connectivity index (χ4n) is 3.03. The highest BCUT2D eigenvalue weighted by molar-refractivity contribution is 6.08. The molecule has 2 rings (SSSR count). The first kappa shape index (κ1) is 16.7. The molecule has 0 aliphatic carbocycles. The molecule has 1 atom stereocenters. The van der Waals surface area contributed by atoms with E-state index in [4.69, 9.17) is 4.99 Å². The molecule has 0 N–H and O–H groups in total. The number of nitrogens with zero attached hydrogens (tertiary/aromatic N) is 2. The van der Waals surface area contributed by atoms with E-state index in [2.05, 4.69) is 6.92 Å². The maximum absolute atomic E-state index is 13.2. The first-order valence-electron chi connectivity index (χ1n) is 8.14. The van der Waals surface area contributed by atoms with E-state index in [9.17, 15) is 9.18 Å². The summed E-state index contributed by atoms with van der Waals surface area (Å²) in [6.07, 6.45) is 3.47. The maximum Gasteiger partial charge on any atom is 0.260 e. The molecule has 0 radical (unpaired) electrons. The molecule has 120 valence electrons. The zero-order valence-electron chi connectivity index (χ0n) is 13.9. The number of rotatable bonds is 6. The van der Waals surface area contributed by atoms with E-state index in [0.717, 1.165) is 30.7 Å². The van der Waals surface area contributed by atoms with Crippen molar-refractivity contribution < 1.29 is 9.18 Å². The van der Waals surface area contributed by atoms with Crippen molar-refractivity contribution in [1.29, 1.82) is 0 Å². The molecule has 4 heteroatoms. The van der Waals surface area contributed by atoms with Gasteiger partial charge >= 0.3 is 0 Å². The molecule has 0 aromatic heterocycles. The fourth-order valence-corrected chi connectivity index (χ4v) is 3.03. The zero-order valence-corrected chi connectivity index (χ0v) is 13.9. The number of unbranched alkanes of at least 4 members (excludes halogenated alkanes) is 1. The SMILES string of the molecule is CCCCC1=NC(CC)(c2ccc(F)cc2)C(=O)N1C(C)C. The maximum atomic E-state index is 13.2. The molecule has 22 heavy (non-hydrogen) atoms. The Morgan fingerprint density at radius 3 is 2.36 bits per heavy atom. The molecule has 1 aromatic rings. The molecule has 1 aromatic carbocycles. The number of amidine groups is 1. The van der Waals surface area contributed by atoms with E-state index in [0.29, 0.717) is 6.42 Å². The van der Waals surface area contributed by atoms with Crippen molar-refractivity contribution in [3.8, 4) is 0 Å². The summed E-state index contributed by atoms with van der Waals surface area (Å²) in [6, 6.07) is 6.25. The lowest BCUT2D eigenvalue weighted by atomic mass is 9.87. The fraction of sp³-hybridized carbons (Fsp3) is 0.556. The van der Waals surface area contributed by atoms with E-state index < -0.39 is 5.54 Å². The lowest BCUT2D eigenvalue weighted by Gasteiger charge is -2.28. The third-order valence-corrected chi connectivity index (χ3v) is 4.27. The molecule has 0 saturated heterocycles. The first-order chi connectivity index (χ1) is 10.5. The Balaban J connectivity index is 2.47. The van der Waals surface area contributed by atoms with Crippen LogP contribution in [0.4, 0.5) is 4.39 Å². The average molecular weight is 304 g/mol. The molecule has 1 unspecified atom stereocenters. The third kappa shape index (κ3) is 2.79. The van der Waals surface area contributed by atoms with Crippen molar-refractivity contribution >= 4 is 11.7 Å². The summed E-state index contributed by atoms with van der Waals surface area (Å²) in [5.74, 6) is 0.590. The van der Waals surface area contributed by atoms with E-state index in [1.54, 1.807) is 12.1 Å². The minimum absolute atomic E-state index is 0.0164. The number of hydrogen-bond acceptors (Lipinski definition) is 2. The van der Waals surface area contributed by atoms with Gasteiger partial charge in [-0.1, -0.05) is 32.4 Å². The largest absolute Gasteiger partial charge is 0.296 e. The minimum Gasteiger partial charge on any atom is -0.296 e. The Hall–Kier alpha value is -1.71. The summed E-state index contributed by atoms with van der Waals surface area (Å²) < 4.78 is 13.2. The van der Waals surface area contributed by atoms with Gasteiger partial charge in [0.1, 0.15) is 11.7 Å². The smallest absolute Gasteiger partial charge is 0.260 e. The van der Waals surface area contributed by atoms with Gasteiger partial charge in [0.25, 0.3) is 5.91 Å². The van der Waals surface area contributed by atoms with Crippen LogP contribution in [0, 0.1) is 5.82 Å². The summed E-state index contributed by atoms with van der Waals surface area (Å²) in [4.78, 5) is 19.7. The van der Waals surface area contributed by atoms with Crippen LogP contribution in [0.5, 0.6) is 0 Å². The van der Waals surface area contributed by atoms with E-state index in [-0.39, 0.29) is 17.8 Å². The number of carbonyl (C=O) groups is 1. The van der Waals surface area contributed by atoms with Crippen molar-refractivity contribution in [2.75, 3.05) is 0 Å². The summed E-state index contributed by atoms with van der Waals surface area (Å²) in [5.41, 5.74) is -0.111. The molecule has 0 bridgehead atoms. The molecular formula is C18H25FN2O. The second-order valence-corrected chi connectivity index (χ2v) is 6.12. The van der Waals surface area contributed by atoms with Gasteiger partial charge in [-0.05, 0) is 44.4 Å². The molecule has 0 spiro atoms. The third-order valence-electron chi connectivity index (χ3n) is 4.27. The Morgan fingerprint density at radius 1 is 1.23 bits per heavy atom. The van der Waals surface area contributed by atoms with Crippen LogP contribution in [0.1, 0.15) is 58.9 Å². The number of hydrogen-bond donors (Lipinski definition) is 0. The van der Waals surface area contributed by atoms with E-state index in [1.807, 2.05) is 25.7 Å². The van der Waals surface area contributed by atoms with Crippen LogP contribution >= 0.6 is 0 Å². The second kappa shape index (κ2) is 6.59. The van der Waals surface area contributed by atoms with Crippen molar-refractivity contribution in [2.24, 2.45) is 4.99 Å². The highest BCUT2D eigenvalue weighted by Crippen LogP contribution is 2.38. The predicted molar refractivity (Wildman–Crippen MR) is 87.3 cm³/mol. The van der Waals surface area contributed by atoms with Gasteiger partial charge in [-0.3, -0.25) is 14.7 Å². The van der Waals surface area contributed by atoms with Crippen molar-refractivity contribution in [2.45, 2.75) is 65.0 Å². The van der Waals surface area contributed by atoms with E-state index >= 15 is 0 Å². The summed E-state index contributed by atoms with van der Waals surface area (Å²) in [5, 5.41) is 0. The van der Waals surface area contributed by atoms with Crippen LogP contribution < -0.4 is 0 Å². The van der Waals surface area contributed by atoms with Gasteiger partial charge in [0.15, 0.2) is 5.54 Å². The van der Waals surface area contributed by atoms with Crippen LogP contribution in [0.15, 0.2) is 29.3 Å². The van der Waals surface area contributed by atoms with Crippen LogP contribution in [0.3, 0.4) is 0 Å². The Bertz CT molecular complexity index is 565. The number of benzene rings is 1. The molecule has 1 aliphatic heterocycles. The van der Waals surface area contributed by atoms with Crippen molar-refractivity contribution in [3.63, 3.8) is 0 Å². The van der Waals surface area contributed by atoms with Gasteiger partial charge in [0.2, 0.25) is 0 Å². The molecule has 0 saturated carbocycles. The summed E-state index contributed by atoms with van der Waals surface area (Å²) in [6.45, 7) is 8.11. The average Bonchev–Trinajstić information content (AvgIpc) is 2.79. The van der Waals surface area contributed by atoms with Crippen LogP contribution in [0.25, 0.3) is 0 Å². The Kier molecular flexibility index (Phi) is 4.99. The number of amides is 1. The number of halogens is 1. The molecule has 3 nitrogen and oxygen atoms in total. The van der Waals surface area contributed by atoms with E-state index in [1.165, 1.54) is 12.1 Å². The van der Waals surface area contributed by atoms with Crippen LogP contribution in [-0.2, 0) is 10.3 Å². The highest BCUT2D eigenvalue weighted by atomic mass is 19.1. The second-order valence-electron chi connectivity index (χ2n) is 6.12. The van der Waals surface area contributed by atoms with Gasteiger partial charge in [0.05, 0.1) is 0 Å². The standard InChI is InChI=1S/C18H25FN2O/c1-5-7-8-16-20-18(6-2,17(22)21(16)13(3)4)14-9-11-15(19)12-10-14/h9-13H,5-8H2,1-4H3. The first-order valence-corrected chi connectivity index (χ1v) is 8.14.